The fourth-order valence-corrected chi connectivity index (χ4v) is 2.72. The van der Waals surface area contributed by atoms with Gasteiger partial charge < -0.3 is 10.6 Å². The van der Waals surface area contributed by atoms with Crippen LogP contribution >= 0.6 is 0 Å². The van der Waals surface area contributed by atoms with Crippen molar-refractivity contribution in [1.82, 2.24) is 4.90 Å². The molecule has 0 radical (unpaired) electrons. The Hall–Kier alpha value is -1.08. The molecule has 1 saturated heterocycles. The molecule has 15 heavy (non-hydrogen) atoms. The Balaban J connectivity index is 1.74. The molecule has 1 unspecified atom stereocenters. The van der Waals surface area contributed by atoms with Crippen LogP contribution in [0.5, 0.6) is 0 Å². The molecule has 0 aromatic rings. The zero-order valence-corrected chi connectivity index (χ0v) is 8.60. The number of nitrogens with two attached hydrogens (primary N) is 1. The molecular formula is C11H15N3O. The van der Waals surface area contributed by atoms with Crippen LogP contribution in [0, 0.1) is 23.2 Å². The van der Waals surface area contributed by atoms with E-state index in [9.17, 15) is 4.79 Å². The first-order valence-corrected chi connectivity index (χ1v) is 5.69. The van der Waals surface area contributed by atoms with Crippen LogP contribution in [0.25, 0.3) is 0 Å². The van der Waals surface area contributed by atoms with Crippen molar-refractivity contribution in [1.29, 1.82) is 5.26 Å². The smallest absolute Gasteiger partial charge is 0.241 e. The molecule has 1 aliphatic heterocycles. The van der Waals surface area contributed by atoms with Crippen molar-refractivity contribution < 1.29 is 4.79 Å². The van der Waals surface area contributed by atoms with Crippen molar-refractivity contribution in [2.24, 2.45) is 17.6 Å². The first-order valence-electron chi connectivity index (χ1n) is 5.69. The third-order valence-corrected chi connectivity index (χ3v) is 3.92. The molecule has 4 atom stereocenters. The van der Waals surface area contributed by atoms with Crippen LogP contribution in [-0.2, 0) is 4.79 Å². The molecule has 80 valence electrons. The summed E-state index contributed by atoms with van der Waals surface area (Å²) in [6, 6.07) is 2.01. The highest BCUT2D eigenvalue weighted by molar-refractivity contribution is 5.84. The molecule has 3 fully saturated rings. The third-order valence-electron chi connectivity index (χ3n) is 3.92. The SMILES string of the molecule is N#C[C@@H]1C[C@@H]2C[C@@H]2N1C(=O)C(N)C1CC1. The van der Waals surface area contributed by atoms with Gasteiger partial charge >= 0.3 is 0 Å². The minimum atomic E-state index is -0.347. The predicted molar refractivity (Wildman–Crippen MR) is 53.5 cm³/mol. The summed E-state index contributed by atoms with van der Waals surface area (Å²) in [5.41, 5.74) is 5.90. The maximum absolute atomic E-state index is 12.1. The minimum Gasteiger partial charge on any atom is -0.322 e. The van der Waals surface area contributed by atoms with Gasteiger partial charge in [0.05, 0.1) is 12.1 Å². The molecule has 2 saturated carbocycles. The molecule has 2 N–H and O–H groups in total. The van der Waals surface area contributed by atoms with Gasteiger partial charge in [0.1, 0.15) is 6.04 Å². The van der Waals surface area contributed by atoms with E-state index in [2.05, 4.69) is 6.07 Å². The van der Waals surface area contributed by atoms with Crippen LogP contribution in [-0.4, -0.2) is 28.9 Å². The lowest BCUT2D eigenvalue weighted by molar-refractivity contribution is -0.134. The second-order valence-corrected chi connectivity index (χ2v) is 5.05. The van der Waals surface area contributed by atoms with Crippen molar-refractivity contribution in [2.75, 3.05) is 0 Å². The summed E-state index contributed by atoms with van der Waals surface area (Å²) in [7, 11) is 0. The van der Waals surface area contributed by atoms with Crippen molar-refractivity contribution in [3.05, 3.63) is 0 Å². The first-order chi connectivity index (χ1) is 7.22. The highest BCUT2D eigenvalue weighted by atomic mass is 16.2. The summed E-state index contributed by atoms with van der Waals surface area (Å²) in [6.07, 6.45) is 4.10. The molecule has 3 rings (SSSR count). The van der Waals surface area contributed by atoms with Gasteiger partial charge in [0, 0.05) is 6.04 Å². The number of rotatable bonds is 2. The van der Waals surface area contributed by atoms with Gasteiger partial charge in [-0.15, -0.1) is 0 Å². The fraction of sp³-hybridized carbons (Fsp3) is 0.818. The molecule has 0 aromatic carbocycles. The summed E-state index contributed by atoms with van der Waals surface area (Å²) in [5, 5.41) is 8.97. The van der Waals surface area contributed by atoms with Gasteiger partial charge in [-0.3, -0.25) is 4.79 Å². The number of hydrogen-bond donors (Lipinski definition) is 1. The number of fused-ring (bicyclic) bond motifs is 1. The van der Waals surface area contributed by atoms with E-state index >= 15 is 0 Å². The topological polar surface area (TPSA) is 70.1 Å². The number of likely N-dealkylation sites (tertiary alicyclic amines) is 1. The predicted octanol–water partition coefficient (Wildman–Crippen LogP) is 0.237. The number of amides is 1. The Labute approximate surface area is 89.0 Å². The van der Waals surface area contributed by atoms with E-state index in [0.717, 1.165) is 25.7 Å². The average molecular weight is 205 g/mol. The second kappa shape index (κ2) is 2.96. The molecule has 3 aliphatic rings. The van der Waals surface area contributed by atoms with Gasteiger partial charge in [-0.25, -0.2) is 0 Å². The Bertz CT molecular complexity index is 344. The zero-order valence-electron chi connectivity index (χ0n) is 8.60. The lowest BCUT2D eigenvalue weighted by Crippen LogP contribution is -2.48. The zero-order chi connectivity index (χ0) is 10.6. The van der Waals surface area contributed by atoms with Crippen LogP contribution < -0.4 is 5.73 Å². The molecule has 1 heterocycles. The Morgan fingerprint density at radius 3 is 2.80 bits per heavy atom. The van der Waals surface area contributed by atoms with Gasteiger partial charge in [-0.05, 0) is 37.5 Å². The van der Waals surface area contributed by atoms with Crippen molar-refractivity contribution in [3.8, 4) is 6.07 Å². The van der Waals surface area contributed by atoms with Crippen molar-refractivity contribution in [2.45, 2.75) is 43.8 Å². The fourth-order valence-electron chi connectivity index (χ4n) is 2.72. The van der Waals surface area contributed by atoms with E-state index in [-0.39, 0.29) is 18.0 Å². The van der Waals surface area contributed by atoms with E-state index in [0.29, 0.717) is 17.9 Å². The summed E-state index contributed by atoms with van der Waals surface area (Å²) in [4.78, 5) is 13.9. The molecule has 0 bridgehead atoms. The Kier molecular flexibility index (Phi) is 1.81. The largest absolute Gasteiger partial charge is 0.322 e. The highest BCUT2D eigenvalue weighted by Crippen LogP contribution is 2.48. The number of piperidine rings is 1. The van der Waals surface area contributed by atoms with Crippen molar-refractivity contribution >= 4 is 5.91 Å². The van der Waals surface area contributed by atoms with E-state index in [1.165, 1.54) is 0 Å². The summed E-state index contributed by atoms with van der Waals surface area (Å²) < 4.78 is 0. The normalized spacial score (nSPS) is 39.5. The number of carbonyl (C=O) groups excluding carboxylic acids is 1. The molecule has 1 amide bonds. The van der Waals surface area contributed by atoms with E-state index in [1.54, 1.807) is 4.90 Å². The lowest BCUT2D eigenvalue weighted by atomic mass is 10.1. The van der Waals surface area contributed by atoms with Gasteiger partial charge in [-0.2, -0.15) is 5.26 Å². The molecule has 0 aromatic heterocycles. The average Bonchev–Trinajstić information content (AvgIpc) is 3.14. The molecule has 2 aliphatic carbocycles. The summed E-state index contributed by atoms with van der Waals surface area (Å²) >= 11 is 0. The number of carbonyl (C=O) groups is 1. The van der Waals surface area contributed by atoms with Crippen LogP contribution in [0.3, 0.4) is 0 Å². The highest BCUT2D eigenvalue weighted by Gasteiger charge is 2.55. The summed E-state index contributed by atoms with van der Waals surface area (Å²) in [5.74, 6) is 0.994. The van der Waals surface area contributed by atoms with E-state index < -0.39 is 0 Å². The quantitative estimate of drug-likeness (QED) is 0.702. The van der Waals surface area contributed by atoms with Gasteiger partial charge in [0.15, 0.2) is 0 Å². The second-order valence-electron chi connectivity index (χ2n) is 5.05. The first kappa shape index (κ1) is 9.17. The Morgan fingerprint density at radius 1 is 1.47 bits per heavy atom. The maximum Gasteiger partial charge on any atom is 0.241 e. The maximum atomic E-state index is 12.1. The minimum absolute atomic E-state index is 0.0223. The molecular weight excluding hydrogens is 190 g/mol. The standard InChI is InChI=1S/C11H15N3O/c12-5-8-3-7-4-9(7)14(8)11(15)10(13)6-1-2-6/h6-10H,1-4,13H2/t7-,8+,9+,10?/m1/s1. The Morgan fingerprint density at radius 2 is 2.20 bits per heavy atom. The lowest BCUT2D eigenvalue weighted by Gasteiger charge is -2.25. The van der Waals surface area contributed by atoms with Crippen LogP contribution in [0.1, 0.15) is 25.7 Å². The summed E-state index contributed by atoms with van der Waals surface area (Å²) in [6.45, 7) is 0. The van der Waals surface area contributed by atoms with E-state index in [4.69, 9.17) is 11.0 Å². The van der Waals surface area contributed by atoms with Gasteiger partial charge in [0.2, 0.25) is 5.91 Å². The van der Waals surface area contributed by atoms with Crippen LogP contribution in [0.4, 0.5) is 0 Å². The van der Waals surface area contributed by atoms with Gasteiger partial charge in [0.25, 0.3) is 0 Å². The molecule has 0 spiro atoms. The van der Waals surface area contributed by atoms with Gasteiger partial charge in [-0.1, -0.05) is 0 Å². The van der Waals surface area contributed by atoms with Crippen LogP contribution in [0.2, 0.25) is 0 Å². The molecule has 4 nitrogen and oxygen atoms in total. The van der Waals surface area contributed by atoms with Crippen LogP contribution in [0.15, 0.2) is 0 Å². The number of nitriles is 1. The van der Waals surface area contributed by atoms with Crippen molar-refractivity contribution in [3.63, 3.8) is 0 Å². The van der Waals surface area contributed by atoms with E-state index in [1.807, 2.05) is 0 Å². The monoisotopic (exact) mass is 205 g/mol. The number of nitrogens with zero attached hydrogens (tertiary/aromatic N) is 2. The molecule has 4 heteroatoms. The third kappa shape index (κ3) is 1.34. The number of hydrogen-bond acceptors (Lipinski definition) is 3.